The number of alkyl halides is 1. The Morgan fingerprint density at radius 3 is 2.54 bits per heavy atom. The van der Waals surface area contributed by atoms with Crippen molar-refractivity contribution in [3.8, 4) is 0 Å². The predicted octanol–water partition coefficient (Wildman–Crippen LogP) is 0.718. The molecule has 0 radical (unpaired) electrons. The van der Waals surface area contributed by atoms with Crippen LogP contribution in [0.5, 0.6) is 0 Å². The van der Waals surface area contributed by atoms with Crippen molar-refractivity contribution in [2.24, 2.45) is 0 Å². The normalized spacial score (nSPS) is 21.6. The number of aliphatic hydroxyl groups is 1. The Kier molecular flexibility index (Phi) is 3.66. The van der Waals surface area contributed by atoms with Gasteiger partial charge in [0.15, 0.2) is 0 Å². The third-order valence-electron chi connectivity index (χ3n) is 2.41. The molecule has 0 bridgehead atoms. The largest absolute Gasteiger partial charge is 0.390 e. The van der Waals surface area contributed by atoms with E-state index in [1.165, 1.54) is 4.90 Å². The monoisotopic (exact) mass is 189 g/mol. The van der Waals surface area contributed by atoms with E-state index in [4.69, 9.17) is 5.11 Å². The quantitative estimate of drug-likeness (QED) is 0.710. The fourth-order valence-electron chi connectivity index (χ4n) is 1.48. The molecule has 4 heteroatoms. The molecule has 1 aliphatic heterocycles. The third kappa shape index (κ3) is 2.40. The molecule has 0 aromatic heterocycles. The molecule has 3 nitrogen and oxygen atoms in total. The first-order chi connectivity index (χ1) is 6.16. The van der Waals surface area contributed by atoms with Crippen LogP contribution in [-0.2, 0) is 4.79 Å². The topological polar surface area (TPSA) is 40.5 Å². The van der Waals surface area contributed by atoms with Gasteiger partial charge in [-0.15, -0.1) is 0 Å². The molecule has 1 rings (SSSR count). The van der Waals surface area contributed by atoms with E-state index in [0.717, 1.165) is 12.8 Å². The van der Waals surface area contributed by atoms with Crippen molar-refractivity contribution >= 4 is 5.91 Å². The van der Waals surface area contributed by atoms with Crippen molar-refractivity contribution in [3.63, 3.8) is 0 Å². The molecule has 1 heterocycles. The average molecular weight is 189 g/mol. The SMILES string of the molecule is CC[C@H](O)[C@@H](F)C(=O)N1CCCC1. The summed E-state index contributed by atoms with van der Waals surface area (Å²) in [5, 5.41) is 9.13. The van der Waals surface area contributed by atoms with E-state index in [9.17, 15) is 9.18 Å². The third-order valence-corrected chi connectivity index (χ3v) is 2.41. The van der Waals surface area contributed by atoms with Crippen molar-refractivity contribution in [1.29, 1.82) is 0 Å². The number of carbonyl (C=O) groups excluding carboxylic acids is 1. The van der Waals surface area contributed by atoms with Crippen LogP contribution in [0.3, 0.4) is 0 Å². The van der Waals surface area contributed by atoms with Crippen molar-refractivity contribution in [3.05, 3.63) is 0 Å². The molecule has 0 aliphatic carbocycles. The molecule has 1 aliphatic rings. The Morgan fingerprint density at radius 2 is 2.08 bits per heavy atom. The van der Waals surface area contributed by atoms with Gasteiger partial charge in [-0.25, -0.2) is 4.39 Å². The zero-order valence-electron chi connectivity index (χ0n) is 7.87. The molecule has 0 unspecified atom stereocenters. The fraction of sp³-hybridized carbons (Fsp3) is 0.889. The van der Waals surface area contributed by atoms with Crippen molar-refractivity contribution < 1.29 is 14.3 Å². The van der Waals surface area contributed by atoms with Crippen molar-refractivity contribution in [1.82, 2.24) is 4.90 Å². The van der Waals surface area contributed by atoms with Crippen LogP contribution in [0.2, 0.25) is 0 Å². The van der Waals surface area contributed by atoms with Crippen molar-refractivity contribution in [2.75, 3.05) is 13.1 Å². The number of halogens is 1. The number of hydrogen-bond acceptors (Lipinski definition) is 2. The van der Waals surface area contributed by atoms with E-state index < -0.39 is 18.2 Å². The lowest BCUT2D eigenvalue weighted by Gasteiger charge is -2.20. The highest BCUT2D eigenvalue weighted by atomic mass is 19.1. The summed E-state index contributed by atoms with van der Waals surface area (Å²) in [7, 11) is 0. The standard InChI is InChI=1S/C9H16FNO2/c1-2-7(12)8(10)9(13)11-5-3-4-6-11/h7-8,12H,2-6H2,1H3/t7-,8+/m0/s1. The smallest absolute Gasteiger partial charge is 0.259 e. The first kappa shape index (κ1) is 10.4. The maximum absolute atomic E-state index is 13.2. The minimum absolute atomic E-state index is 0.279. The maximum Gasteiger partial charge on any atom is 0.259 e. The highest BCUT2D eigenvalue weighted by Crippen LogP contribution is 2.13. The molecule has 1 N–H and O–H groups in total. The number of amides is 1. The van der Waals surface area contributed by atoms with E-state index in [2.05, 4.69) is 0 Å². The highest BCUT2D eigenvalue weighted by molar-refractivity contribution is 5.81. The van der Waals surface area contributed by atoms with Gasteiger partial charge in [-0.05, 0) is 19.3 Å². The van der Waals surface area contributed by atoms with Crippen LogP contribution in [-0.4, -0.2) is 41.3 Å². The maximum atomic E-state index is 13.2. The molecule has 0 saturated carbocycles. The molecule has 13 heavy (non-hydrogen) atoms. The molecule has 1 saturated heterocycles. The molecule has 0 aromatic carbocycles. The number of rotatable bonds is 3. The summed E-state index contributed by atoms with van der Waals surface area (Å²) < 4.78 is 13.2. The Labute approximate surface area is 77.5 Å². The minimum atomic E-state index is -1.73. The number of aliphatic hydroxyl groups excluding tert-OH is 1. The van der Waals surface area contributed by atoms with Gasteiger partial charge >= 0.3 is 0 Å². The Hall–Kier alpha value is -0.640. The Balaban J connectivity index is 2.45. The summed E-state index contributed by atoms with van der Waals surface area (Å²) in [6.07, 6.45) is -0.710. The molecular formula is C9H16FNO2. The number of carbonyl (C=O) groups is 1. The van der Waals surface area contributed by atoms with Gasteiger partial charge in [0, 0.05) is 13.1 Å². The van der Waals surface area contributed by atoms with E-state index in [0.29, 0.717) is 13.1 Å². The van der Waals surface area contributed by atoms with Crippen LogP contribution in [0.25, 0.3) is 0 Å². The summed E-state index contributed by atoms with van der Waals surface area (Å²) in [4.78, 5) is 12.8. The van der Waals surface area contributed by atoms with Gasteiger partial charge in [0.05, 0.1) is 6.10 Å². The van der Waals surface area contributed by atoms with Crippen LogP contribution < -0.4 is 0 Å². The fourth-order valence-corrected chi connectivity index (χ4v) is 1.48. The number of likely N-dealkylation sites (tertiary alicyclic amines) is 1. The van der Waals surface area contributed by atoms with E-state index in [1.54, 1.807) is 6.92 Å². The minimum Gasteiger partial charge on any atom is -0.390 e. The van der Waals surface area contributed by atoms with E-state index >= 15 is 0 Å². The molecule has 0 aromatic rings. The van der Waals surface area contributed by atoms with E-state index in [1.807, 2.05) is 0 Å². The molecule has 1 fully saturated rings. The zero-order valence-corrected chi connectivity index (χ0v) is 7.87. The lowest BCUT2D eigenvalue weighted by atomic mass is 10.1. The van der Waals surface area contributed by atoms with Crippen molar-refractivity contribution in [2.45, 2.75) is 38.5 Å². The van der Waals surface area contributed by atoms with Crippen LogP contribution in [0.15, 0.2) is 0 Å². The molecule has 1 amide bonds. The van der Waals surface area contributed by atoms with Gasteiger partial charge < -0.3 is 10.0 Å². The molecule has 0 spiro atoms. The Bertz CT molecular complexity index is 180. The van der Waals surface area contributed by atoms with Gasteiger partial charge in [-0.2, -0.15) is 0 Å². The molecule has 76 valence electrons. The predicted molar refractivity (Wildman–Crippen MR) is 47.0 cm³/mol. The average Bonchev–Trinajstić information content (AvgIpc) is 2.67. The van der Waals surface area contributed by atoms with Gasteiger partial charge in [0.1, 0.15) is 0 Å². The highest BCUT2D eigenvalue weighted by Gasteiger charge is 2.30. The summed E-state index contributed by atoms with van der Waals surface area (Å²) in [6, 6.07) is 0. The zero-order chi connectivity index (χ0) is 9.84. The second kappa shape index (κ2) is 4.56. The lowest BCUT2D eigenvalue weighted by molar-refractivity contribution is -0.139. The summed E-state index contributed by atoms with van der Waals surface area (Å²) in [6.45, 7) is 2.93. The summed E-state index contributed by atoms with van der Waals surface area (Å²) >= 11 is 0. The number of hydrogen-bond donors (Lipinski definition) is 1. The van der Waals surface area contributed by atoms with Crippen LogP contribution in [0, 0.1) is 0 Å². The summed E-state index contributed by atoms with van der Waals surface area (Å²) in [5.74, 6) is -0.549. The van der Waals surface area contributed by atoms with Gasteiger partial charge in [0.2, 0.25) is 6.17 Å². The van der Waals surface area contributed by atoms with Gasteiger partial charge in [-0.1, -0.05) is 6.92 Å². The van der Waals surface area contributed by atoms with Crippen LogP contribution >= 0.6 is 0 Å². The first-order valence-electron chi connectivity index (χ1n) is 4.77. The molecule has 2 atom stereocenters. The summed E-state index contributed by atoms with van der Waals surface area (Å²) in [5.41, 5.74) is 0. The van der Waals surface area contributed by atoms with Crippen LogP contribution in [0.4, 0.5) is 4.39 Å². The first-order valence-corrected chi connectivity index (χ1v) is 4.77. The second-order valence-electron chi connectivity index (χ2n) is 3.41. The number of nitrogens with zero attached hydrogens (tertiary/aromatic N) is 1. The molecular weight excluding hydrogens is 173 g/mol. The second-order valence-corrected chi connectivity index (χ2v) is 3.41. The van der Waals surface area contributed by atoms with Gasteiger partial charge in [-0.3, -0.25) is 4.79 Å². The van der Waals surface area contributed by atoms with Gasteiger partial charge in [0.25, 0.3) is 5.91 Å². The van der Waals surface area contributed by atoms with E-state index in [-0.39, 0.29) is 6.42 Å². The lowest BCUT2D eigenvalue weighted by Crippen LogP contribution is -2.40. The Morgan fingerprint density at radius 1 is 1.54 bits per heavy atom. The van der Waals surface area contributed by atoms with Crippen LogP contribution in [0.1, 0.15) is 26.2 Å².